The van der Waals surface area contributed by atoms with Crippen LogP contribution in [0.5, 0.6) is 0 Å². The van der Waals surface area contributed by atoms with Gasteiger partial charge < -0.3 is 10.6 Å². The maximum absolute atomic E-state index is 13.1. The summed E-state index contributed by atoms with van der Waals surface area (Å²) in [6, 6.07) is 3.53. The summed E-state index contributed by atoms with van der Waals surface area (Å²) in [5, 5.41) is 16.1. The van der Waals surface area contributed by atoms with Crippen LogP contribution in [0.2, 0.25) is 0 Å². The summed E-state index contributed by atoms with van der Waals surface area (Å²) < 4.78 is 13.1. The minimum absolute atomic E-state index is 0.211. The number of amides is 1. The number of hydrogen-bond donors (Lipinski definition) is 2. The van der Waals surface area contributed by atoms with Crippen LogP contribution < -0.4 is 10.6 Å². The first kappa shape index (κ1) is 15.0. The normalized spacial score (nSPS) is 10.5. The summed E-state index contributed by atoms with van der Waals surface area (Å²) in [5.41, 5.74) is -0.444. The molecule has 0 heterocycles. The Kier molecular flexibility index (Phi) is 5.37. The van der Waals surface area contributed by atoms with E-state index in [-0.39, 0.29) is 24.1 Å². The lowest BCUT2D eigenvalue weighted by Crippen LogP contribution is -2.27. The molecular weight excluding hydrogens is 253 g/mol. The van der Waals surface area contributed by atoms with Gasteiger partial charge in [0.25, 0.3) is 0 Å². The van der Waals surface area contributed by atoms with Gasteiger partial charge in [-0.25, -0.2) is 0 Å². The van der Waals surface area contributed by atoms with Gasteiger partial charge in [0, 0.05) is 30.8 Å². The fraction of sp³-hybridized carbons (Fsp3) is 0.417. The number of carbonyl (C=O) groups is 1. The van der Waals surface area contributed by atoms with Gasteiger partial charge in [-0.05, 0) is 12.1 Å². The van der Waals surface area contributed by atoms with Crippen molar-refractivity contribution in [3.05, 3.63) is 34.1 Å². The summed E-state index contributed by atoms with van der Waals surface area (Å²) in [5.74, 6) is -1.21. The fourth-order valence-corrected chi connectivity index (χ4v) is 1.43. The van der Waals surface area contributed by atoms with E-state index in [4.69, 9.17) is 0 Å². The van der Waals surface area contributed by atoms with Crippen molar-refractivity contribution in [3.8, 4) is 0 Å². The highest BCUT2D eigenvalue weighted by Crippen LogP contribution is 2.21. The molecule has 1 aromatic carbocycles. The summed E-state index contributed by atoms with van der Waals surface area (Å²) in [6.45, 7) is 4.43. The second-order valence-electron chi connectivity index (χ2n) is 4.33. The van der Waals surface area contributed by atoms with Crippen molar-refractivity contribution in [2.45, 2.75) is 26.3 Å². The zero-order chi connectivity index (χ0) is 14.4. The molecule has 0 aliphatic carbocycles. The van der Waals surface area contributed by atoms with Gasteiger partial charge in [-0.3, -0.25) is 14.9 Å². The van der Waals surface area contributed by atoms with Crippen LogP contribution in [-0.4, -0.2) is 23.4 Å². The van der Waals surface area contributed by atoms with Gasteiger partial charge >= 0.3 is 5.69 Å². The minimum Gasteiger partial charge on any atom is -0.326 e. The Bertz CT molecular complexity index is 477. The van der Waals surface area contributed by atoms with Crippen LogP contribution in [0.4, 0.5) is 15.8 Å². The number of halogens is 1. The lowest BCUT2D eigenvalue weighted by molar-refractivity contribution is -0.387. The molecule has 0 fully saturated rings. The molecule has 2 N–H and O–H groups in total. The van der Waals surface area contributed by atoms with Crippen molar-refractivity contribution in [2.24, 2.45) is 0 Å². The number of nitrogens with one attached hydrogen (secondary N) is 2. The third-order valence-electron chi connectivity index (χ3n) is 2.33. The van der Waals surface area contributed by atoms with Crippen molar-refractivity contribution in [3.63, 3.8) is 0 Å². The predicted octanol–water partition coefficient (Wildman–Crippen LogP) is 2.06. The van der Waals surface area contributed by atoms with Gasteiger partial charge in [-0.2, -0.15) is 4.39 Å². The van der Waals surface area contributed by atoms with Crippen LogP contribution in [0, 0.1) is 15.9 Å². The van der Waals surface area contributed by atoms with E-state index < -0.39 is 16.4 Å². The predicted molar refractivity (Wildman–Crippen MR) is 69.4 cm³/mol. The van der Waals surface area contributed by atoms with E-state index in [0.717, 1.165) is 12.1 Å². The molecular formula is C12H16FN3O3. The summed E-state index contributed by atoms with van der Waals surface area (Å²) in [6.07, 6.45) is 0.239. The van der Waals surface area contributed by atoms with E-state index in [2.05, 4.69) is 10.6 Å². The first-order chi connectivity index (χ1) is 8.90. The molecule has 0 aliphatic heterocycles. The first-order valence-corrected chi connectivity index (χ1v) is 5.87. The molecule has 0 aliphatic rings. The van der Waals surface area contributed by atoms with E-state index in [9.17, 15) is 19.3 Å². The molecule has 104 valence electrons. The SMILES string of the molecule is CC(C)NCCC(=O)Nc1ccc(F)c([N+](=O)[O-])c1. The number of hydrogen-bond acceptors (Lipinski definition) is 4. The van der Waals surface area contributed by atoms with Crippen molar-refractivity contribution in [1.82, 2.24) is 5.32 Å². The molecule has 0 radical (unpaired) electrons. The largest absolute Gasteiger partial charge is 0.326 e. The highest BCUT2D eigenvalue weighted by Gasteiger charge is 2.15. The van der Waals surface area contributed by atoms with E-state index in [1.54, 1.807) is 0 Å². The van der Waals surface area contributed by atoms with Crippen LogP contribution in [0.25, 0.3) is 0 Å². The van der Waals surface area contributed by atoms with Crippen LogP contribution >= 0.6 is 0 Å². The number of benzene rings is 1. The molecule has 7 heteroatoms. The molecule has 0 atom stereocenters. The Morgan fingerprint density at radius 3 is 2.74 bits per heavy atom. The van der Waals surface area contributed by atoms with Gasteiger partial charge in [-0.1, -0.05) is 13.8 Å². The molecule has 1 amide bonds. The van der Waals surface area contributed by atoms with Crippen molar-refractivity contribution in [2.75, 3.05) is 11.9 Å². The Morgan fingerprint density at radius 2 is 2.16 bits per heavy atom. The molecule has 6 nitrogen and oxygen atoms in total. The molecule has 0 bridgehead atoms. The van der Waals surface area contributed by atoms with Crippen LogP contribution in [-0.2, 0) is 4.79 Å². The van der Waals surface area contributed by atoms with Crippen molar-refractivity contribution < 1.29 is 14.1 Å². The topological polar surface area (TPSA) is 84.3 Å². The maximum atomic E-state index is 13.1. The molecule has 1 aromatic rings. The van der Waals surface area contributed by atoms with E-state index >= 15 is 0 Å². The molecule has 1 rings (SSSR count). The highest BCUT2D eigenvalue weighted by atomic mass is 19.1. The Labute approximate surface area is 110 Å². The van der Waals surface area contributed by atoms with Gasteiger partial charge in [-0.15, -0.1) is 0 Å². The zero-order valence-electron chi connectivity index (χ0n) is 10.8. The summed E-state index contributed by atoms with van der Waals surface area (Å²) >= 11 is 0. The fourth-order valence-electron chi connectivity index (χ4n) is 1.43. The number of anilines is 1. The minimum atomic E-state index is -0.926. The lowest BCUT2D eigenvalue weighted by atomic mass is 10.2. The highest BCUT2D eigenvalue weighted by molar-refractivity contribution is 5.91. The third-order valence-corrected chi connectivity index (χ3v) is 2.33. The number of carbonyl (C=O) groups excluding carboxylic acids is 1. The zero-order valence-corrected chi connectivity index (χ0v) is 10.8. The lowest BCUT2D eigenvalue weighted by Gasteiger charge is -2.08. The molecule has 0 saturated heterocycles. The number of rotatable bonds is 6. The average molecular weight is 269 g/mol. The molecule has 0 unspecified atom stereocenters. The number of nitro benzene ring substituents is 1. The Balaban J connectivity index is 2.60. The summed E-state index contributed by atoms with van der Waals surface area (Å²) in [4.78, 5) is 21.3. The third kappa shape index (κ3) is 5.01. The van der Waals surface area contributed by atoms with Gasteiger partial charge in [0.05, 0.1) is 4.92 Å². The van der Waals surface area contributed by atoms with E-state index in [1.165, 1.54) is 6.07 Å². The average Bonchev–Trinajstić information content (AvgIpc) is 2.30. The first-order valence-electron chi connectivity index (χ1n) is 5.87. The second-order valence-corrected chi connectivity index (χ2v) is 4.33. The Morgan fingerprint density at radius 1 is 1.47 bits per heavy atom. The summed E-state index contributed by atoms with van der Waals surface area (Å²) in [7, 11) is 0. The van der Waals surface area contributed by atoms with Crippen molar-refractivity contribution in [1.29, 1.82) is 0 Å². The second kappa shape index (κ2) is 6.79. The van der Waals surface area contributed by atoms with Gasteiger partial charge in [0.15, 0.2) is 0 Å². The maximum Gasteiger partial charge on any atom is 0.306 e. The standard InChI is InChI=1S/C12H16FN3O3/c1-8(2)14-6-5-12(17)15-9-3-4-10(13)11(7-9)16(18)19/h3-4,7-8,14H,5-6H2,1-2H3,(H,15,17). The smallest absolute Gasteiger partial charge is 0.306 e. The van der Waals surface area contributed by atoms with Crippen molar-refractivity contribution >= 4 is 17.3 Å². The van der Waals surface area contributed by atoms with Crippen LogP contribution in [0.15, 0.2) is 18.2 Å². The number of nitrogens with zero attached hydrogens (tertiary/aromatic N) is 1. The van der Waals surface area contributed by atoms with E-state index in [0.29, 0.717) is 6.54 Å². The monoisotopic (exact) mass is 269 g/mol. The van der Waals surface area contributed by atoms with Gasteiger partial charge in [0.1, 0.15) is 0 Å². The molecule has 0 aromatic heterocycles. The van der Waals surface area contributed by atoms with Gasteiger partial charge in [0.2, 0.25) is 11.7 Å². The van der Waals surface area contributed by atoms with E-state index in [1.807, 2.05) is 13.8 Å². The number of nitro groups is 1. The molecule has 0 spiro atoms. The molecule has 19 heavy (non-hydrogen) atoms. The quantitative estimate of drug-likeness (QED) is 0.611. The Hall–Kier alpha value is -2.02. The van der Waals surface area contributed by atoms with Crippen LogP contribution in [0.3, 0.4) is 0 Å². The molecule has 0 saturated carbocycles. The van der Waals surface area contributed by atoms with Crippen LogP contribution in [0.1, 0.15) is 20.3 Å².